The lowest BCUT2D eigenvalue weighted by atomic mass is 9.88. The molecule has 1 aliphatic rings. The van der Waals surface area contributed by atoms with Crippen molar-refractivity contribution in [2.45, 2.75) is 24.9 Å². The minimum absolute atomic E-state index is 0.186. The summed E-state index contributed by atoms with van der Waals surface area (Å²) in [7, 11) is 3.38. The number of amides is 1. The van der Waals surface area contributed by atoms with E-state index in [0.29, 0.717) is 23.8 Å². The Labute approximate surface area is 205 Å². The van der Waals surface area contributed by atoms with Crippen molar-refractivity contribution in [3.8, 4) is 5.75 Å². The number of ether oxygens (including phenoxy) is 1. The number of benzene rings is 3. The van der Waals surface area contributed by atoms with Crippen LogP contribution in [0.4, 0.5) is 0 Å². The maximum atomic E-state index is 12.2. The fraction of sp³-hybridized carbons (Fsp3) is 0.345. The summed E-state index contributed by atoms with van der Waals surface area (Å²) in [6.07, 6.45) is 1.57. The highest BCUT2D eigenvalue weighted by Crippen LogP contribution is 2.31. The topological polar surface area (TPSA) is 66.2 Å². The molecule has 1 unspecified atom stereocenters. The lowest BCUT2D eigenvalue weighted by Crippen LogP contribution is -2.40. The number of β-amino-alcohol motifs (C(OH)–C–C–N with tert-alkyl or cyclic N) is 1. The van der Waals surface area contributed by atoms with Crippen LogP contribution in [-0.4, -0.2) is 67.3 Å². The van der Waals surface area contributed by atoms with Gasteiger partial charge in [0.1, 0.15) is 24.0 Å². The number of piperidine rings is 1. The Bertz CT molecular complexity index is 1320. The van der Waals surface area contributed by atoms with Crippen molar-refractivity contribution in [2.75, 3.05) is 40.3 Å². The van der Waals surface area contributed by atoms with Gasteiger partial charge < -0.3 is 24.1 Å². The van der Waals surface area contributed by atoms with Crippen LogP contribution in [0.25, 0.3) is 21.7 Å². The van der Waals surface area contributed by atoms with Gasteiger partial charge >= 0.3 is 0 Å². The number of aliphatic hydroxyl groups is 1. The molecule has 1 N–H and O–H groups in total. The van der Waals surface area contributed by atoms with Gasteiger partial charge in [0.15, 0.2) is 5.76 Å². The second-order valence-corrected chi connectivity index (χ2v) is 9.62. The SMILES string of the molecule is CN(C)C(=O)c1cc2c(OCC(O)CN3CCC(c4ccc5ccccc5c4)CC3)cccc2o1. The molecule has 2 heterocycles. The van der Waals surface area contributed by atoms with Gasteiger partial charge in [0.05, 0.1) is 5.39 Å². The molecule has 182 valence electrons. The molecule has 5 rings (SSSR count). The van der Waals surface area contributed by atoms with Crippen LogP contribution < -0.4 is 4.74 Å². The molecule has 0 spiro atoms. The summed E-state index contributed by atoms with van der Waals surface area (Å²) in [4.78, 5) is 16.0. The van der Waals surface area contributed by atoms with E-state index in [4.69, 9.17) is 9.15 Å². The van der Waals surface area contributed by atoms with E-state index in [1.807, 2.05) is 18.2 Å². The summed E-state index contributed by atoms with van der Waals surface area (Å²) in [5.41, 5.74) is 2.01. The number of fused-ring (bicyclic) bond motifs is 2. The first-order chi connectivity index (χ1) is 17.0. The van der Waals surface area contributed by atoms with Crippen molar-refractivity contribution in [1.82, 2.24) is 9.80 Å². The Hall–Kier alpha value is -3.35. The normalized spacial score (nSPS) is 16.0. The first-order valence-electron chi connectivity index (χ1n) is 12.2. The van der Waals surface area contributed by atoms with Gasteiger partial charge in [-0.15, -0.1) is 0 Å². The van der Waals surface area contributed by atoms with Gasteiger partial charge in [0, 0.05) is 26.7 Å². The molecular weight excluding hydrogens is 440 g/mol. The summed E-state index contributed by atoms with van der Waals surface area (Å²) in [5.74, 6) is 1.25. The standard InChI is InChI=1S/C29H32N2O4/c1-30(2)29(33)28-17-25-26(8-5-9-27(25)35-28)34-19-24(32)18-31-14-12-21(13-15-31)23-11-10-20-6-3-4-7-22(20)16-23/h3-11,16-17,21,24,32H,12-15,18-19H2,1-2H3. The van der Waals surface area contributed by atoms with Crippen molar-refractivity contribution in [1.29, 1.82) is 0 Å². The van der Waals surface area contributed by atoms with Crippen LogP contribution in [0.15, 0.2) is 71.1 Å². The zero-order valence-electron chi connectivity index (χ0n) is 20.3. The largest absolute Gasteiger partial charge is 0.490 e. The summed E-state index contributed by atoms with van der Waals surface area (Å²) in [6, 6.07) is 22.5. The smallest absolute Gasteiger partial charge is 0.289 e. The van der Waals surface area contributed by atoms with Gasteiger partial charge in [-0.25, -0.2) is 0 Å². The fourth-order valence-corrected chi connectivity index (χ4v) is 4.93. The lowest BCUT2D eigenvalue weighted by Gasteiger charge is -2.33. The molecule has 1 fully saturated rings. The van der Waals surface area contributed by atoms with Gasteiger partial charge in [-0.2, -0.15) is 0 Å². The fourth-order valence-electron chi connectivity index (χ4n) is 4.93. The first-order valence-corrected chi connectivity index (χ1v) is 12.2. The third-order valence-corrected chi connectivity index (χ3v) is 6.87. The van der Waals surface area contributed by atoms with Crippen LogP contribution in [0.1, 0.15) is 34.9 Å². The van der Waals surface area contributed by atoms with E-state index in [0.717, 1.165) is 31.3 Å². The lowest BCUT2D eigenvalue weighted by molar-refractivity contribution is 0.0599. The summed E-state index contributed by atoms with van der Waals surface area (Å²) < 4.78 is 11.6. The summed E-state index contributed by atoms with van der Waals surface area (Å²) in [5, 5.41) is 14.0. The molecule has 0 radical (unpaired) electrons. The summed E-state index contributed by atoms with van der Waals surface area (Å²) in [6.45, 7) is 2.69. The molecule has 1 amide bonds. The molecule has 0 aliphatic carbocycles. The van der Waals surface area contributed by atoms with E-state index in [1.165, 1.54) is 21.2 Å². The molecule has 35 heavy (non-hydrogen) atoms. The number of likely N-dealkylation sites (tertiary alicyclic amines) is 1. The third kappa shape index (κ3) is 5.19. The molecule has 1 aliphatic heterocycles. The molecule has 1 saturated heterocycles. The quantitative estimate of drug-likeness (QED) is 0.414. The number of carbonyl (C=O) groups is 1. The third-order valence-electron chi connectivity index (χ3n) is 6.87. The first kappa shape index (κ1) is 23.4. The molecular formula is C29H32N2O4. The van der Waals surface area contributed by atoms with Crippen LogP contribution in [0.3, 0.4) is 0 Å². The Morgan fingerprint density at radius 1 is 1.06 bits per heavy atom. The molecule has 0 saturated carbocycles. The number of hydrogen-bond donors (Lipinski definition) is 1. The van der Waals surface area contributed by atoms with Crippen molar-refractivity contribution in [3.63, 3.8) is 0 Å². The van der Waals surface area contributed by atoms with Crippen molar-refractivity contribution < 1.29 is 19.1 Å². The van der Waals surface area contributed by atoms with E-state index in [2.05, 4.69) is 47.4 Å². The van der Waals surface area contributed by atoms with Gasteiger partial charge in [0.2, 0.25) is 0 Å². The predicted molar refractivity (Wildman–Crippen MR) is 138 cm³/mol. The van der Waals surface area contributed by atoms with E-state index in [9.17, 15) is 9.90 Å². The molecule has 6 heteroatoms. The highest BCUT2D eigenvalue weighted by atomic mass is 16.5. The number of rotatable bonds is 7. The number of aliphatic hydroxyl groups excluding tert-OH is 1. The molecule has 1 aromatic heterocycles. The Morgan fingerprint density at radius 3 is 2.60 bits per heavy atom. The van der Waals surface area contributed by atoms with Gasteiger partial charge in [-0.3, -0.25) is 4.79 Å². The second-order valence-electron chi connectivity index (χ2n) is 9.62. The minimum atomic E-state index is -0.600. The molecule has 4 aromatic rings. The number of hydrogen-bond acceptors (Lipinski definition) is 5. The van der Waals surface area contributed by atoms with Crippen LogP contribution in [-0.2, 0) is 0 Å². The van der Waals surface area contributed by atoms with Crippen LogP contribution >= 0.6 is 0 Å². The number of carbonyl (C=O) groups excluding carboxylic acids is 1. The highest BCUT2D eigenvalue weighted by molar-refractivity contribution is 5.97. The van der Waals surface area contributed by atoms with Gasteiger partial charge in [0.25, 0.3) is 5.91 Å². The molecule has 3 aromatic carbocycles. The van der Waals surface area contributed by atoms with E-state index in [1.54, 1.807) is 20.2 Å². The van der Waals surface area contributed by atoms with Crippen LogP contribution in [0, 0.1) is 0 Å². The zero-order valence-corrected chi connectivity index (χ0v) is 20.3. The highest BCUT2D eigenvalue weighted by Gasteiger charge is 2.23. The molecule has 0 bridgehead atoms. The maximum Gasteiger partial charge on any atom is 0.289 e. The van der Waals surface area contributed by atoms with Crippen LogP contribution in [0.5, 0.6) is 5.75 Å². The molecule has 1 atom stereocenters. The Morgan fingerprint density at radius 2 is 1.83 bits per heavy atom. The number of nitrogens with zero attached hydrogens (tertiary/aromatic N) is 2. The van der Waals surface area contributed by atoms with Gasteiger partial charge in [-0.05, 0) is 60.3 Å². The molecule has 6 nitrogen and oxygen atoms in total. The van der Waals surface area contributed by atoms with E-state index in [-0.39, 0.29) is 18.3 Å². The van der Waals surface area contributed by atoms with Crippen LogP contribution in [0.2, 0.25) is 0 Å². The minimum Gasteiger partial charge on any atom is -0.490 e. The van der Waals surface area contributed by atoms with Crippen molar-refractivity contribution in [3.05, 3.63) is 78.1 Å². The summed E-state index contributed by atoms with van der Waals surface area (Å²) >= 11 is 0. The Balaban J connectivity index is 1.15. The monoisotopic (exact) mass is 472 g/mol. The Kier molecular flexibility index (Phi) is 6.75. The van der Waals surface area contributed by atoms with E-state index >= 15 is 0 Å². The van der Waals surface area contributed by atoms with E-state index < -0.39 is 6.10 Å². The van der Waals surface area contributed by atoms with Crippen molar-refractivity contribution >= 4 is 27.6 Å². The average Bonchev–Trinajstić information content (AvgIpc) is 3.32. The van der Waals surface area contributed by atoms with Gasteiger partial charge in [-0.1, -0.05) is 48.5 Å². The second kappa shape index (κ2) is 10.1. The number of furan rings is 1. The average molecular weight is 473 g/mol. The maximum absolute atomic E-state index is 12.2. The predicted octanol–water partition coefficient (Wildman–Crippen LogP) is 4.91. The zero-order chi connectivity index (χ0) is 24.4. The van der Waals surface area contributed by atoms with Crippen molar-refractivity contribution in [2.24, 2.45) is 0 Å².